The third-order valence-corrected chi connectivity index (χ3v) is 6.61. The van der Waals surface area contributed by atoms with E-state index in [2.05, 4.69) is 4.98 Å². The van der Waals surface area contributed by atoms with Crippen LogP contribution in [0.4, 0.5) is 5.13 Å². The molecule has 0 aliphatic carbocycles. The third kappa shape index (κ3) is 4.09. The number of carbonyl (C=O) groups is 2. The molecule has 1 aromatic heterocycles. The molecule has 7 nitrogen and oxygen atoms in total. The number of hydrogen-bond donors (Lipinski definition) is 1. The SMILES string of the molecule is CCOc1ccc(C(O)=C2C(=O)C(=O)N(c3nc(C)c(C)s3)C2c2ccc(OC)cc2)cc1. The minimum atomic E-state index is -0.826. The Hall–Kier alpha value is -3.65. The van der Waals surface area contributed by atoms with E-state index < -0.39 is 17.7 Å². The number of benzene rings is 2. The van der Waals surface area contributed by atoms with Crippen LogP contribution >= 0.6 is 11.3 Å². The lowest BCUT2D eigenvalue weighted by atomic mass is 9.95. The second kappa shape index (κ2) is 9.07. The normalized spacial score (nSPS) is 17.5. The summed E-state index contributed by atoms with van der Waals surface area (Å²) in [6.07, 6.45) is 0. The second-order valence-electron chi connectivity index (χ2n) is 7.54. The summed E-state index contributed by atoms with van der Waals surface area (Å²) < 4.78 is 10.7. The van der Waals surface area contributed by atoms with Crippen LogP contribution in [0.2, 0.25) is 0 Å². The van der Waals surface area contributed by atoms with Crippen molar-refractivity contribution in [3.05, 3.63) is 75.8 Å². The van der Waals surface area contributed by atoms with E-state index in [1.54, 1.807) is 55.6 Å². The van der Waals surface area contributed by atoms with Gasteiger partial charge in [-0.25, -0.2) is 4.98 Å². The number of aromatic nitrogens is 1. The van der Waals surface area contributed by atoms with E-state index in [4.69, 9.17) is 9.47 Å². The highest BCUT2D eigenvalue weighted by atomic mass is 32.1. The number of amides is 1. The average Bonchev–Trinajstić information content (AvgIpc) is 3.29. The summed E-state index contributed by atoms with van der Waals surface area (Å²) in [5.74, 6) is -0.437. The zero-order valence-corrected chi connectivity index (χ0v) is 19.6. The Bertz CT molecular complexity index is 1210. The van der Waals surface area contributed by atoms with Crippen molar-refractivity contribution >= 4 is 33.9 Å². The van der Waals surface area contributed by atoms with E-state index in [1.165, 1.54) is 16.2 Å². The number of aryl methyl sites for hydroxylation is 2. The molecule has 0 saturated carbocycles. The highest BCUT2D eigenvalue weighted by Gasteiger charge is 2.48. The lowest BCUT2D eigenvalue weighted by Gasteiger charge is -2.23. The average molecular weight is 465 g/mol. The zero-order valence-electron chi connectivity index (χ0n) is 18.8. The smallest absolute Gasteiger partial charge is 0.301 e. The predicted octanol–water partition coefficient (Wildman–Crippen LogP) is 4.79. The maximum absolute atomic E-state index is 13.2. The number of ether oxygens (including phenoxy) is 2. The van der Waals surface area contributed by atoms with E-state index in [-0.39, 0.29) is 11.3 Å². The standard InChI is InChI=1S/C25H24N2O5S/c1-5-32-19-12-8-17(9-13-19)22(28)20-21(16-6-10-18(31-4)11-7-16)27(24(30)23(20)29)25-26-14(2)15(3)33-25/h6-13,21,28H,5H2,1-4H3. The van der Waals surface area contributed by atoms with Gasteiger partial charge < -0.3 is 14.6 Å². The topological polar surface area (TPSA) is 89.0 Å². The molecule has 1 amide bonds. The van der Waals surface area contributed by atoms with Crippen LogP contribution in [-0.2, 0) is 9.59 Å². The molecule has 8 heteroatoms. The molecule has 2 heterocycles. The van der Waals surface area contributed by atoms with E-state index in [0.29, 0.717) is 34.4 Å². The van der Waals surface area contributed by atoms with E-state index in [9.17, 15) is 14.7 Å². The molecule has 0 bridgehead atoms. The fourth-order valence-electron chi connectivity index (χ4n) is 3.72. The minimum Gasteiger partial charge on any atom is -0.507 e. The molecule has 0 spiro atoms. The Labute approximate surface area is 195 Å². The quantitative estimate of drug-likeness (QED) is 0.320. The van der Waals surface area contributed by atoms with Gasteiger partial charge >= 0.3 is 5.91 Å². The predicted molar refractivity (Wildman–Crippen MR) is 127 cm³/mol. The molecule has 0 radical (unpaired) electrons. The molecule has 1 fully saturated rings. The number of anilines is 1. The summed E-state index contributed by atoms with van der Waals surface area (Å²) >= 11 is 1.34. The summed E-state index contributed by atoms with van der Waals surface area (Å²) in [5, 5.41) is 11.6. The molecule has 2 aromatic carbocycles. The lowest BCUT2D eigenvalue weighted by Crippen LogP contribution is -2.29. The number of hydrogen-bond acceptors (Lipinski definition) is 7. The summed E-state index contributed by atoms with van der Waals surface area (Å²) in [7, 11) is 1.56. The minimum absolute atomic E-state index is 0.0137. The van der Waals surface area contributed by atoms with Crippen molar-refractivity contribution in [2.45, 2.75) is 26.8 Å². The largest absolute Gasteiger partial charge is 0.507 e. The lowest BCUT2D eigenvalue weighted by molar-refractivity contribution is -0.132. The van der Waals surface area contributed by atoms with Gasteiger partial charge in [0.25, 0.3) is 5.78 Å². The highest BCUT2D eigenvalue weighted by Crippen LogP contribution is 2.44. The van der Waals surface area contributed by atoms with Gasteiger partial charge in [0, 0.05) is 10.4 Å². The Kier molecular flexibility index (Phi) is 6.20. The van der Waals surface area contributed by atoms with Crippen LogP contribution in [0.5, 0.6) is 11.5 Å². The van der Waals surface area contributed by atoms with Crippen molar-refractivity contribution in [2.24, 2.45) is 0 Å². The van der Waals surface area contributed by atoms with Crippen LogP contribution in [0.1, 0.15) is 34.7 Å². The van der Waals surface area contributed by atoms with Crippen LogP contribution in [-0.4, -0.2) is 35.5 Å². The van der Waals surface area contributed by atoms with Crippen LogP contribution in [0, 0.1) is 13.8 Å². The molecule has 1 atom stereocenters. The fraction of sp³-hybridized carbons (Fsp3) is 0.240. The van der Waals surface area contributed by atoms with Crippen LogP contribution in [0.25, 0.3) is 5.76 Å². The molecular weight excluding hydrogens is 440 g/mol. The number of Topliss-reactive ketones (excluding diaryl/α,β-unsaturated/α-hetero) is 1. The van der Waals surface area contributed by atoms with Gasteiger partial charge in [0.05, 0.1) is 31.0 Å². The van der Waals surface area contributed by atoms with Crippen LogP contribution in [0.15, 0.2) is 54.1 Å². The van der Waals surface area contributed by atoms with Gasteiger partial charge in [-0.15, -0.1) is 11.3 Å². The van der Waals surface area contributed by atoms with Gasteiger partial charge in [-0.05, 0) is 62.7 Å². The summed E-state index contributed by atoms with van der Waals surface area (Å²) in [5.41, 5.74) is 1.88. The maximum atomic E-state index is 13.2. The van der Waals surface area contributed by atoms with Gasteiger partial charge in [-0.2, -0.15) is 0 Å². The van der Waals surface area contributed by atoms with E-state index in [0.717, 1.165) is 10.6 Å². The Morgan fingerprint density at radius 1 is 1.06 bits per heavy atom. The molecule has 4 rings (SSSR count). The molecule has 1 aliphatic rings. The number of aliphatic hydroxyl groups excluding tert-OH is 1. The molecule has 170 valence electrons. The molecule has 1 saturated heterocycles. The summed E-state index contributed by atoms with van der Waals surface area (Å²) in [4.78, 5) is 33.2. The molecule has 1 N–H and O–H groups in total. The van der Waals surface area contributed by atoms with Gasteiger partial charge in [0.1, 0.15) is 17.3 Å². The Morgan fingerprint density at radius 3 is 2.24 bits per heavy atom. The van der Waals surface area contributed by atoms with Gasteiger partial charge in [-0.3, -0.25) is 14.5 Å². The zero-order chi connectivity index (χ0) is 23.7. The van der Waals surface area contributed by atoms with Crippen molar-refractivity contribution in [1.82, 2.24) is 4.98 Å². The maximum Gasteiger partial charge on any atom is 0.301 e. The Morgan fingerprint density at radius 2 is 1.70 bits per heavy atom. The van der Waals surface area contributed by atoms with Gasteiger partial charge in [-0.1, -0.05) is 12.1 Å². The summed E-state index contributed by atoms with van der Waals surface area (Å²) in [6.45, 7) is 6.16. The molecule has 33 heavy (non-hydrogen) atoms. The fourth-order valence-corrected chi connectivity index (χ4v) is 4.66. The number of carbonyl (C=O) groups excluding carboxylic acids is 2. The van der Waals surface area contributed by atoms with Crippen molar-refractivity contribution in [3.8, 4) is 11.5 Å². The number of ketones is 1. The number of nitrogens with zero attached hydrogens (tertiary/aromatic N) is 2. The van der Waals surface area contributed by atoms with Crippen molar-refractivity contribution in [2.75, 3.05) is 18.6 Å². The first-order valence-corrected chi connectivity index (χ1v) is 11.3. The van der Waals surface area contributed by atoms with Crippen molar-refractivity contribution in [3.63, 3.8) is 0 Å². The first kappa shape index (κ1) is 22.5. The number of methoxy groups -OCH3 is 1. The van der Waals surface area contributed by atoms with E-state index in [1.807, 2.05) is 20.8 Å². The first-order chi connectivity index (χ1) is 15.8. The molecule has 1 aliphatic heterocycles. The second-order valence-corrected chi connectivity index (χ2v) is 8.72. The number of aliphatic hydroxyl groups is 1. The van der Waals surface area contributed by atoms with Gasteiger partial charge in [0.15, 0.2) is 5.13 Å². The van der Waals surface area contributed by atoms with E-state index >= 15 is 0 Å². The molecule has 1 unspecified atom stereocenters. The first-order valence-electron chi connectivity index (χ1n) is 10.5. The van der Waals surface area contributed by atoms with Crippen molar-refractivity contribution in [1.29, 1.82) is 0 Å². The number of rotatable bonds is 6. The number of thiazole rings is 1. The van der Waals surface area contributed by atoms with Crippen molar-refractivity contribution < 1.29 is 24.2 Å². The van der Waals surface area contributed by atoms with Crippen LogP contribution in [0.3, 0.4) is 0 Å². The molecule has 3 aromatic rings. The monoisotopic (exact) mass is 464 g/mol. The Balaban J connectivity index is 1.88. The molecular formula is C25H24N2O5S. The van der Waals surface area contributed by atoms with Gasteiger partial charge in [0.2, 0.25) is 0 Å². The third-order valence-electron chi connectivity index (χ3n) is 5.54. The highest BCUT2D eigenvalue weighted by molar-refractivity contribution is 7.16. The van der Waals surface area contributed by atoms with Crippen LogP contribution < -0.4 is 14.4 Å². The summed E-state index contributed by atoms with van der Waals surface area (Å²) in [6, 6.07) is 13.0.